The molecular formula is C22H27F3N2O2. The summed E-state index contributed by atoms with van der Waals surface area (Å²) in [4.78, 5) is 27.5. The molecule has 0 aromatic heterocycles. The fraction of sp³-hybridized carbons (Fsp3) is 0.636. The van der Waals surface area contributed by atoms with E-state index in [1.807, 2.05) is 4.90 Å². The summed E-state index contributed by atoms with van der Waals surface area (Å²) < 4.78 is 39.8. The van der Waals surface area contributed by atoms with Crippen molar-refractivity contribution in [3.63, 3.8) is 0 Å². The average Bonchev–Trinajstić information content (AvgIpc) is 3.31. The van der Waals surface area contributed by atoms with E-state index in [1.165, 1.54) is 12.1 Å². The number of amides is 2. The number of carbonyl (C=O) groups excluding carboxylic acids is 2. The molecule has 4 rings (SSSR count). The van der Waals surface area contributed by atoms with Crippen molar-refractivity contribution in [1.82, 2.24) is 10.2 Å². The number of halogens is 3. The topological polar surface area (TPSA) is 49.4 Å². The zero-order valence-electron chi connectivity index (χ0n) is 16.4. The monoisotopic (exact) mass is 408 g/mol. The first-order valence-corrected chi connectivity index (χ1v) is 10.6. The van der Waals surface area contributed by atoms with Gasteiger partial charge in [0.2, 0.25) is 11.8 Å². The van der Waals surface area contributed by atoms with Crippen LogP contribution in [0.4, 0.5) is 13.2 Å². The predicted molar refractivity (Wildman–Crippen MR) is 102 cm³/mol. The summed E-state index contributed by atoms with van der Waals surface area (Å²) >= 11 is 0. The highest BCUT2D eigenvalue weighted by Crippen LogP contribution is 2.43. The molecular weight excluding hydrogens is 381 g/mol. The van der Waals surface area contributed by atoms with Crippen molar-refractivity contribution in [2.45, 2.75) is 82.1 Å². The van der Waals surface area contributed by atoms with Crippen LogP contribution in [0.25, 0.3) is 0 Å². The fourth-order valence-corrected chi connectivity index (χ4v) is 5.27. The maximum Gasteiger partial charge on any atom is 0.416 e. The Labute approximate surface area is 168 Å². The van der Waals surface area contributed by atoms with E-state index in [2.05, 4.69) is 5.32 Å². The molecule has 1 aromatic rings. The molecule has 4 nitrogen and oxygen atoms in total. The lowest BCUT2D eigenvalue weighted by Crippen LogP contribution is -2.49. The number of nitrogens with one attached hydrogen (secondary N) is 1. The summed E-state index contributed by atoms with van der Waals surface area (Å²) in [5.41, 5.74) is -0.191. The molecule has 2 aliphatic heterocycles. The summed E-state index contributed by atoms with van der Waals surface area (Å²) in [6, 6.07) is 4.54. The van der Waals surface area contributed by atoms with Gasteiger partial charge < -0.3 is 10.2 Å². The van der Waals surface area contributed by atoms with Crippen LogP contribution in [-0.2, 0) is 15.8 Å². The van der Waals surface area contributed by atoms with Gasteiger partial charge in [-0.3, -0.25) is 9.59 Å². The molecule has 1 aromatic carbocycles. The molecule has 0 radical (unpaired) electrons. The third kappa shape index (κ3) is 4.14. The van der Waals surface area contributed by atoms with Gasteiger partial charge in [-0.1, -0.05) is 31.4 Å². The van der Waals surface area contributed by atoms with Crippen molar-refractivity contribution in [2.24, 2.45) is 5.92 Å². The largest absolute Gasteiger partial charge is 0.416 e. The Morgan fingerprint density at radius 3 is 2.52 bits per heavy atom. The van der Waals surface area contributed by atoms with Crippen LogP contribution in [0.15, 0.2) is 24.3 Å². The zero-order valence-corrected chi connectivity index (χ0v) is 16.4. The molecule has 0 bridgehead atoms. The lowest BCUT2D eigenvalue weighted by Gasteiger charge is -2.35. The number of hydrogen-bond donors (Lipinski definition) is 1. The summed E-state index contributed by atoms with van der Waals surface area (Å²) in [6.07, 6.45) is 2.62. The average molecular weight is 408 g/mol. The minimum atomic E-state index is -4.43. The fourth-order valence-electron chi connectivity index (χ4n) is 5.27. The van der Waals surface area contributed by atoms with E-state index in [0.717, 1.165) is 51.0 Å². The van der Waals surface area contributed by atoms with Gasteiger partial charge in [-0.05, 0) is 49.8 Å². The third-order valence-electron chi connectivity index (χ3n) is 6.69. The lowest BCUT2D eigenvalue weighted by molar-refractivity contribution is -0.139. The molecule has 3 atom stereocenters. The summed E-state index contributed by atoms with van der Waals surface area (Å²) in [5, 5.41) is 3.05. The summed E-state index contributed by atoms with van der Waals surface area (Å²) in [7, 11) is 0. The highest BCUT2D eigenvalue weighted by Gasteiger charge is 2.47. The Hall–Kier alpha value is -2.05. The summed E-state index contributed by atoms with van der Waals surface area (Å²) in [6.45, 7) is 0. The second-order valence-corrected chi connectivity index (χ2v) is 8.59. The van der Waals surface area contributed by atoms with Crippen LogP contribution in [0.3, 0.4) is 0 Å². The van der Waals surface area contributed by atoms with Gasteiger partial charge in [0.1, 0.15) is 0 Å². The van der Waals surface area contributed by atoms with Crippen molar-refractivity contribution in [2.75, 3.05) is 0 Å². The van der Waals surface area contributed by atoms with Gasteiger partial charge in [0, 0.05) is 12.3 Å². The number of benzene rings is 1. The first-order valence-electron chi connectivity index (χ1n) is 10.6. The van der Waals surface area contributed by atoms with E-state index in [1.54, 1.807) is 6.07 Å². The van der Waals surface area contributed by atoms with Crippen LogP contribution in [-0.4, -0.2) is 28.8 Å². The lowest BCUT2D eigenvalue weighted by atomic mass is 9.97. The molecule has 3 aliphatic rings. The Morgan fingerprint density at radius 2 is 1.79 bits per heavy atom. The zero-order chi connectivity index (χ0) is 20.6. The molecule has 1 aliphatic carbocycles. The number of likely N-dealkylation sites (tertiary alicyclic amines) is 1. The number of fused-ring (bicyclic) bond motifs is 1. The molecule has 0 spiro atoms. The molecule has 29 heavy (non-hydrogen) atoms. The molecule has 0 unspecified atom stereocenters. The van der Waals surface area contributed by atoms with Crippen molar-refractivity contribution in [3.8, 4) is 0 Å². The highest BCUT2D eigenvalue weighted by molar-refractivity contribution is 5.81. The first kappa shape index (κ1) is 20.2. The van der Waals surface area contributed by atoms with Crippen molar-refractivity contribution >= 4 is 11.8 Å². The molecule has 7 heteroatoms. The van der Waals surface area contributed by atoms with E-state index in [-0.39, 0.29) is 29.8 Å². The normalized spacial score (nSPS) is 28.6. The quantitative estimate of drug-likeness (QED) is 0.778. The Kier molecular flexibility index (Phi) is 5.58. The highest BCUT2D eigenvalue weighted by atomic mass is 19.4. The Morgan fingerprint density at radius 1 is 1.07 bits per heavy atom. The molecule has 2 amide bonds. The maximum absolute atomic E-state index is 13.4. The van der Waals surface area contributed by atoms with Crippen molar-refractivity contribution in [3.05, 3.63) is 35.4 Å². The van der Waals surface area contributed by atoms with Crippen LogP contribution >= 0.6 is 0 Å². The molecule has 2 heterocycles. The van der Waals surface area contributed by atoms with E-state index >= 15 is 0 Å². The predicted octanol–water partition coefficient (Wildman–Crippen LogP) is 4.60. The molecule has 1 N–H and O–H groups in total. The molecule has 158 valence electrons. The van der Waals surface area contributed by atoms with E-state index in [4.69, 9.17) is 0 Å². The van der Waals surface area contributed by atoms with Crippen LogP contribution in [0.5, 0.6) is 0 Å². The Balaban J connectivity index is 1.70. The van der Waals surface area contributed by atoms with Gasteiger partial charge >= 0.3 is 6.18 Å². The van der Waals surface area contributed by atoms with Gasteiger partial charge in [0.05, 0.1) is 23.7 Å². The number of hydrogen-bond acceptors (Lipinski definition) is 2. The van der Waals surface area contributed by atoms with Gasteiger partial charge in [0.25, 0.3) is 0 Å². The second-order valence-electron chi connectivity index (χ2n) is 8.59. The standard InChI is InChI=1S/C22H27F3N2O2/c23-22(24,25)16-9-5-8-15(12-16)19-13-17-18(10-3-4-11-20(28)26-17)27(19)21(29)14-6-1-2-7-14/h5,8-9,12,14,17-19H,1-4,6-7,10-11,13H2,(H,26,28)/t17-,18+,19+/m1/s1. The van der Waals surface area contributed by atoms with Gasteiger partial charge in [0.15, 0.2) is 0 Å². The summed E-state index contributed by atoms with van der Waals surface area (Å²) in [5.74, 6) is -0.0342. The SMILES string of the molecule is O=C1CCCC[C@H]2[C@@H](C[C@@H](c3cccc(C(F)(F)F)c3)N2C(=O)C2CCCC2)N1. The number of alkyl halides is 3. The second kappa shape index (κ2) is 8.00. The van der Waals surface area contributed by atoms with Gasteiger partial charge in [-0.15, -0.1) is 0 Å². The van der Waals surface area contributed by atoms with Crippen molar-refractivity contribution < 1.29 is 22.8 Å². The smallest absolute Gasteiger partial charge is 0.351 e. The third-order valence-corrected chi connectivity index (χ3v) is 6.69. The van der Waals surface area contributed by atoms with E-state index in [0.29, 0.717) is 18.4 Å². The van der Waals surface area contributed by atoms with Gasteiger partial charge in [-0.2, -0.15) is 13.2 Å². The van der Waals surface area contributed by atoms with Crippen LogP contribution < -0.4 is 5.32 Å². The minimum absolute atomic E-state index is 0.0299. The van der Waals surface area contributed by atoms with Gasteiger partial charge in [-0.25, -0.2) is 0 Å². The minimum Gasteiger partial charge on any atom is -0.351 e. The van der Waals surface area contributed by atoms with Crippen LogP contribution in [0.2, 0.25) is 0 Å². The van der Waals surface area contributed by atoms with E-state index in [9.17, 15) is 22.8 Å². The van der Waals surface area contributed by atoms with E-state index < -0.39 is 17.8 Å². The van der Waals surface area contributed by atoms with Crippen LogP contribution in [0, 0.1) is 5.92 Å². The number of nitrogens with zero attached hydrogens (tertiary/aromatic N) is 1. The van der Waals surface area contributed by atoms with Crippen LogP contribution in [0.1, 0.15) is 75.0 Å². The Bertz CT molecular complexity index is 774. The molecule has 2 saturated heterocycles. The number of rotatable bonds is 2. The maximum atomic E-state index is 13.4. The molecule has 3 fully saturated rings. The number of carbonyl (C=O) groups is 2. The first-order chi connectivity index (χ1) is 13.8. The van der Waals surface area contributed by atoms with Crippen molar-refractivity contribution in [1.29, 1.82) is 0 Å². The molecule has 1 saturated carbocycles.